The van der Waals surface area contributed by atoms with Gasteiger partial charge in [0.2, 0.25) is 5.91 Å². The number of carbonyl (C=O) groups is 1. The SMILES string of the molecule is COc1ccc2c(c1)CC(C(=O)NCCc1nc(-c3cccnc3)n[nH]1)CO2. The minimum atomic E-state index is -0.222. The molecule has 4 rings (SSSR count). The number of methoxy groups -OCH3 is 1. The molecule has 0 radical (unpaired) electrons. The predicted molar refractivity (Wildman–Crippen MR) is 102 cm³/mol. The summed E-state index contributed by atoms with van der Waals surface area (Å²) in [6, 6.07) is 9.40. The average molecular weight is 379 g/mol. The Morgan fingerprint density at radius 1 is 1.39 bits per heavy atom. The van der Waals surface area contributed by atoms with E-state index in [9.17, 15) is 4.79 Å². The number of aromatic nitrogens is 4. The quantitative estimate of drug-likeness (QED) is 0.677. The number of hydrogen-bond donors (Lipinski definition) is 2. The second kappa shape index (κ2) is 8.08. The lowest BCUT2D eigenvalue weighted by molar-refractivity contribution is -0.126. The van der Waals surface area contributed by atoms with Crippen LogP contribution in [0.2, 0.25) is 0 Å². The zero-order valence-corrected chi connectivity index (χ0v) is 15.5. The van der Waals surface area contributed by atoms with Crippen LogP contribution >= 0.6 is 0 Å². The molecule has 1 aliphatic heterocycles. The maximum absolute atomic E-state index is 12.5. The average Bonchev–Trinajstić information content (AvgIpc) is 3.22. The molecule has 1 aromatic carbocycles. The van der Waals surface area contributed by atoms with Crippen LogP contribution in [0.25, 0.3) is 11.4 Å². The maximum atomic E-state index is 12.5. The molecule has 8 heteroatoms. The van der Waals surface area contributed by atoms with Crippen LogP contribution in [0.3, 0.4) is 0 Å². The standard InChI is InChI=1S/C20H21N5O3/c1-27-16-4-5-17-14(10-16)9-15(12-28-17)20(26)22-8-6-18-23-19(25-24-18)13-3-2-7-21-11-13/h2-5,7,10-11,15H,6,8-9,12H2,1H3,(H,22,26)(H,23,24,25). The van der Waals surface area contributed by atoms with E-state index in [0.717, 1.165) is 22.6 Å². The first-order valence-electron chi connectivity index (χ1n) is 9.12. The molecule has 0 bridgehead atoms. The molecule has 2 N–H and O–H groups in total. The summed E-state index contributed by atoms with van der Waals surface area (Å²) in [6.45, 7) is 0.848. The Balaban J connectivity index is 1.30. The van der Waals surface area contributed by atoms with Crippen molar-refractivity contribution >= 4 is 5.91 Å². The van der Waals surface area contributed by atoms with E-state index in [1.54, 1.807) is 19.5 Å². The monoisotopic (exact) mass is 379 g/mol. The lowest BCUT2D eigenvalue weighted by atomic mass is 9.96. The van der Waals surface area contributed by atoms with Crippen molar-refractivity contribution in [3.05, 3.63) is 54.1 Å². The topological polar surface area (TPSA) is 102 Å². The van der Waals surface area contributed by atoms with Crippen LogP contribution < -0.4 is 14.8 Å². The first-order chi connectivity index (χ1) is 13.7. The third-order valence-electron chi connectivity index (χ3n) is 4.66. The van der Waals surface area contributed by atoms with Gasteiger partial charge in [-0.25, -0.2) is 4.98 Å². The molecule has 28 heavy (non-hydrogen) atoms. The van der Waals surface area contributed by atoms with Crippen LogP contribution in [0.1, 0.15) is 11.4 Å². The van der Waals surface area contributed by atoms with Gasteiger partial charge in [0.1, 0.15) is 23.9 Å². The molecule has 1 unspecified atom stereocenters. The molecule has 1 aliphatic rings. The highest BCUT2D eigenvalue weighted by Gasteiger charge is 2.26. The molecule has 0 spiro atoms. The molecule has 3 heterocycles. The van der Waals surface area contributed by atoms with E-state index in [0.29, 0.717) is 37.6 Å². The van der Waals surface area contributed by atoms with Crippen molar-refractivity contribution in [2.45, 2.75) is 12.8 Å². The Labute approximate surface area is 162 Å². The van der Waals surface area contributed by atoms with Gasteiger partial charge in [0, 0.05) is 30.9 Å². The molecular formula is C20H21N5O3. The highest BCUT2D eigenvalue weighted by molar-refractivity contribution is 5.79. The van der Waals surface area contributed by atoms with Gasteiger partial charge in [0.05, 0.1) is 13.0 Å². The summed E-state index contributed by atoms with van der Waals surface area (Å²) in [6.07, 6.45) is 4.61. The van der Waals surface area contributed by atoms with Crippen LogP contribution in [0.4, 0.5) is 0 Å². The first kappa shape index (κ1) is 18.0. The van der Waals surface area contributed by atoms with E-state index in [1.807, 2.05) is 30.3 Å². The minimum Gasteiger partial charge on any atom is -0.497 e. The van der Waals surface area contributed by atoms with Crippen LogP contribution in [0.15, 0.2) is 42.7 Å². The Bertz CT molecular complexity index is 957. The number of nitrogens with one attached hydrogen (secondary N) is 2. The molecule has 0 saturated carbocycles. The normalized spacial score (nSPS) is 15.4. The molecule has 0 aliphatic carbocycles. The number of carbonyl (C=O) groups excluding carboxylic acids is 1. The van der Waals surface area contributed by atoms with Crippen LogP contribution in [-0.4, -0.2) is 46.3 Å². The molecule has 0 saturated heterocycles. The number of ether oxygens (including phenoxy) is 2. The molecular weight excluding hydrogens is 358 g/mol. The summed E-state index contributed by atoms with van der Waals surface area (Å²) in [5.41, 5.74) is 1.84. The van der Waals surface area contributed by atoms with E-state index in [1.165, 1.54) is 0 Å². The van der Waals surface area contributed by atoms with Crippen molar-refractivity contribution in [1.29, 1.82) is 0 Å². The molecule has 1 amide bonds. The van der Waals surface area contributed by atoms with E-state index in [4.69, 9.17) is 9.47 Å². The summed E-state index contributed by atoms with van der Waals surface area (Å²) in [5, 5.41) is 10.1. The highest BCUT2D eigenvalue weighted by Crippen LogP contribution is 2.30. The van der Waals surface area contributed by atoms with Gasteiger partial charge in [-0.2, -0.15) is 5.10 Å². The Kier molecular flexibility index (Phi) is 5.18. The smallest absolute Gasteiger partial charge is 0.226 e. The maximum Gasteiger partial charge on any atom is 0.226 e. The second-order valence-corrected chi connectivity index (χ2v) is 6.57. The minimum absolute atomic E-state index is 0.0273. The number of nitrogens with zero attached hydrogens (tertiary/aromatic N) is 3. The Morgan fingerprint density at radius 2 is 2.32 bits per heavy atom. The molecule has 8 nitrogen and oxygen atoms in total. The fourth-order valence-electron chi connectivity index (χ4n) is 3.15. The van der Waals surface area contributed by atoms with Crippen molar-refractivity contribution in [1.82, 2.24) is 25.5 Å². The molecule has 3 aromatic rings. The van der Waals surface area contributed by atoms with Gasteiger partial charge < -0.3 is 14.8 Å². The third-order valence-corrected chi connectivity index (χ3v) is 4.66. The molecule has 2 aromatic heterocycles. The number of benzene rings is 1. The summed E-state index contributed by atoms with van der Waals surface area (Å²) in [5.74, 6) is 2.64. The molecule has 0 fully saturated rings. The summed E-state index contributed by atoms with van der Waals surface area (Å²) in [7, 11) is 1.62. The lowest BCUT2D eigenvalue weighted by Crippen LogP contribution is -2.38. The van der Waals surface area contributed by atoms with Gasteiger partial charge in [-0.15, -0.1) is 0 Å². The summed E-state index contributed by atoms with van der Waals surface area (Å²) >= 11 is 0. The zero-order chi connectivity index (χ0) is 19.3. The second-order valence-electron chi connectivity index (χ2n) is 6.57. The number of amides is 1. The van der Waals surface area contributed by atoms with Gasteiger partial charge >= 0.3 is 0 Å². The van der Waals surface area contributed by atoms with E-state index < -0.39 is 0 Å². The van der Waals surface area contributed by atoms with Crippen LogP contribution in [0, 0.1) is 5.92 Å². The van der Waals surface area contributed by atoms with Gasteiger partial charge in [-0.1, -0.05) is 0 Å². The zero-order valence-electron chi connectivity index (χ0n) is 15.5. The van der Waals surface area contributed by atoms with Crippen molar-refractivity contribution in [3.8, 4) is 22.9 Å². The number of pyridine rings is 1. The number of H-pyrrole nitrogens is 1. The van der Waals surface area contributed by atoms with Crippen LogP contribution in [-0.2, 0) is 17.6 Å². The van der Waals surface area contributed by atoms with Gasteiger partial charge in [0.25, 0.3) is 0 Å². The van der Waals surface area contributed by atoms with E-state index in [-0.39, 0.29) is 11.8 Å². The highest BCUT2D eigenvalue weighted by atomic mass is 16.5. The third kappa shape index (κ3) is 3.95. The van der Waals surface area contributed by atoms with Gasteiger partial charge in [0.15, 0.2) is 5.82 Å². The molecule has 144 valence electrons. The van der Waals surface area contributed by atoms with Crippen molar-refractivity contribution in [2.75, 3.05) is 20.3 Å². The summed E-state index contributed by atoms with van der Waals surface area (Å²) in [4.78, 5) is 21.0. The Hall–Kier alpha value is -3.42. The largest absolute Gasteiger partial charge is 0.497 e. The Morgan fingerprint density at radius 3 is 3.14 bits per heavy atom. The fraction of sp³-hybridized carbons (Fsp3) is 0.300. The fourth-order valence-corrected chi connectivity index (χ4v) is 3.15. The van der Waals surface area contributed by atoms with Crippen molar-refractivity contribution in [3.63, 3.8) is 0 Å². The summed E-state index contributed by atoms with van der Waals surface area (Å²) < 4.78 is 11.0. The van der Waals surface area contributed by atoms with Crippen LogP contribution in [0.5, 0.6) is 11.5 Å². The predicted octanol–water partition coefficient (Wildman–Crippen LogP) is 1.79. The van der Waals surface area contributed by atoms with Crippen molar-refractivity contribution < 1.29 is 14.3 Å². The first-order valence-corrected chi connectivity index (χ1v) is 9.12. The number of fused-ring (bicyclic) bond motifs is 1. The van der Waals surface area contributed by atoms with E-state index >= 15 is 0 Å². The number of hydrogen-bond acceptors (Lipinski definition) is 6. The number of rotatable bonds is 6. The molecule has 1 atom stereocenters. The van der Waals surface area contributed by atoms with Crippen molar-refractivity contribution in [2.24, 2.45) is 5.92 Å². The number of aromatic amines is 1. The van der Waals surface area contributed by atoms with Gasteiger partial charge in [-0.3, -0.25) is 14.9 Å². The van der Waals surface area contributed by atoms with E-state index in [2.05, 4.69) is 25.5 Å². The lowest BCUT2D eigenvalue weighted by Gasteiger charge is -2.25. The van der Waals surface area contributed by atoms with Gasteiger partial charge in [-0.05, 0) is 42.3 Å².